The summed E-state index contributed by atoms with van der Waals surface area (Å²) in [5.74, 6) is -3.48. The van der Waals surface area contributed by atoms with E-state index in [1.54, 1.807) is 29.2 Å². The highest BCUT2D eigenvalue weighted by Gasteiger charge is 2.35. The van der Waals surface area contributed by atoms with Crippen LogP contribution in [0.1, 0.15) is 35.3 Å². The predicted octanol–water partition coefficient (Wildman–Crippen LogP) is 4.51. The SMILES string of the molecule is O=C(Nc1cc(C(F)(F)CN2CCOCC2)ccc1N1CCCCC1)c1cccc(Br)n1. The van der Waals surface area contributed by atoms with E-state index in [9.17, 15) is 4.79 Å². The second-order valence-electron chi connectivity index (χ2n) is 8.17. The number of hydrogen-bond donors (Lipinski definition) is 1. The van der Waals surface area contributed by atoms with Crippen molar-refractivity contribution in [3.63, 3.8) is 0 Å². The maximum atomic E-state index is 15.2. The molecule has 0 saturated carbocycles. The number of carbonyl (C=O) groups excluding carboxylic acids is 1. The number of anilines is 2. The Kier molecular flexibility index (Phi) is 7.37. The Morgan fingerprint density at radius 2 is 1.84 bits per heavy atom. The molecular formula is C23H27BrF2N4O2. The molecule has 0 aliphatic carbocycles. The van der Waals surface area contributed by atoms with Crippen LogP contribution < -0.4 is 10.2 Å². The van der Waals surface area contributed by atoms with Crippen LogP contribution in [0.4, 0.5) is 20.2 Å². The molecule has 2 saturated heterocycles. The molecule has 1 aromatic carbocycles. The second kappa shape index (κ2) is 10.2. The van der Waals surface area contributed by atoms with E-state index < -0.39 is 11.8 Å². The van der Waals surface area contributed by atoms with Crippen molar-refractivity contribution in [2.24, 2.45) is 0 Å². The highest BCUT2D eigenvalue weighted by Crippen LogP contribution is 2.36. The zero-order valence-corrected chi connectivity index (χ0v) is 19.4. The first-order chi connectivity index (χ1) is 15.4. The molecule has 32 heavy (non-hydrogen) atoms. The van der Waals surface area contributed by atoms with Crippen molar-refractivity contribution in [2.75, 3.05) is 56.2 Å². The molecule has 2 aromatic rings. The number of hydrogen-bond acceptors (Lipinski definition) is 5. The first kappa shape index (κ1) is 23.1. The van der Waals surface area contributed by atoms with Gasteiger partial charge in [0.15, 0.2) is 0 Å². The topological polar surface area (TPSA) is 57.7 Å². The lowest BCUT2D eigenvalue weighted by molar-refractivity contribution is -0.0616. The van der Waals surface area contributed by atoms with E-state index >= 15 is 8.78 Å². The van der Waals surface area contributed by atoms with Gasteiger partial charge in [0, 0.05) is 31.7 Å². The number of benzene rings is 1. The van der Waals surface area contributed by atoms with Crippen LogP contribution in [-0.2, 0) is 10.7 Å². The van der Waals surface area contributed by atoms with Crippen molar-refractivity contribution in [2.45, 2.75) is 25.2 Å². The fourth-order valence-corrected chi connectivity index (χ4v) is 4.47. The smallest absolute Gasteiger partial charge is 0.285 e. The monoisotopic (exact) mass is 508 g/mol. The molecule has 1 aromatic heterocycles. The Balaban J connectivity index is 1.62. The van der Waals surface area contributed by atoms with Crippen LogP contribution in [0.3, 0.4) is 0 Å². The summed E-state index contributed by atoms with van der Waals surface area (Å²) in [6, 6.07) is 9.64. The minimum Gasteiger partial charge on any atom is -0.379 e. The van der Waals surface area contributed by atoms with E-state index in [1.165, 1.54) is 12.1 Å². The number of pyridine rings is 1. The lowest BCUT2D eigenvalue weighted by Gasteiger charge is -2.32. The van der Waals surface area contributed by atoms with Crippen molar-refractivity contribution in [3.05, 3.63) is 52.3 Å². The average Bonchev–Trinajstić information content (AvgIpc) is 2.80. The molecule has 1 amide bonds. The Labute approximate surface area is 195 Å². The first-order valence-corrected chi connectivity index (χ1v) is 11.7. The van der Waals surface area contributed by atoms with Crippen molar-refractivity contribution < 1.29 is 18.3 Å². The number of nitrogens with zero attached hydrogens (tertiary/aromatic N) is 3. The molecule has 0 atom stereocenters. The average molecular weight is 509 g/mol. The molecule has 0 bridgehead atoms. The highest BCUT2D eigenvalue weighted by atomic mass is 79.9. The molecule has 6 nitrogen and oxygen atoms in total. The van der Waals surface area contributed by atoms with Crippen molar-refractivity contribution >= 4 is 33.2 Å². The van der Waals surface area contributed by atoms with Crippen LogP contribution in [0.5, 0.6) is 0 Å². The third-order valence-corrected chi connectivity index (χ3v) is 6.28. The number of aromatic nitrogens is 1. The van der Waals surface area contributed by atoms with Crippen LogP contribution in [0, 0.1) is 0 Å². The summed E-state index contributed by atoms with van der Waals surface area (Å²) in [7, 11) is 0. The number of morpholine rings is 1. The maximum absolute atomic E-state index is 15.2. The minimum atomic E-state index is -3.05. The molecule has 2 fully saturated rings. The second-order valence-corrected chi connectivity index (χ2v) is 8.98. The molecule has 0 unspecified atom stereocenters. The van der Waals surface area contributed by atoms with Gasteiger partial charge in [0.25, 0.3) is 11.8 Å². The molecule has 2 aliphatic rings. The van der Waals surface area contributed by atoms with Crippen LogP contribution >= 0.6 is 15.9 Å². The van der Waals surface area contributed by atoms with Crippen LogP contribution in [0.15, 0.2) is 41.0 Å². The summed E-state index contributed by atoms with van der Waals surface area (Å²) in [6.45, 7) is 3.19. The van der Waals surface area contributed by atoms with Gasteiger partial charge in [0.2, 0.25) is 0 Å². The van der Waals surface area contributed by atoms with Gasteiger partial charge < -0.3 is 15.0 Å². The molecule has 3 heterocycles. The van der Waals surface area contributed by atoms with E-state index in [2.05, 4.69) is 31.1 Å². The Morgan fingerprint density at radius 1 is 1.09 bits per heavy atom. The van der Waals surface area contributed by atoms with Crippen molar-refractivity contribution in [1.82, 2.24) is 9.88 Å². The van der Waals surface area contributed by atoms with Crippen LogP contribution in [0.2, 0.25) is 0 Å². The van der Waals surface area contributed by atoms with Gasteiger partial charge in [0.05, 0.1) is 31.1 Å². The molecule has 0 radical (unpaired) electrons. The van der Waals surface area contributed by atoms with E-state index in [0.717, 1.165) is 38.0 Å². The Hall–Kier alpha value is -2.10. The van der Waals surface area contributed by atoms with Gasteiger partial charge in [-0.25, -0.2) is 4.98 Å². The summed E-state index contributed by atoms with van der Waals surface area (Å²) in [5.41, 5.74) is 1.26. The zero-order valence-electron chi connectivity index (χ0n) is 17.8. The van der Waals surface area contributed by atoms with E-state index in [1.807, 2.05) is 0 Å². The zero-order chi connectivity index (χ0) is 22.6. The molecule has 4 rings (SSSR count). The highest BCUT2D eigenvalue weighted by molar-refractivity contribution is 9.10. The molecular weight excluding hydrogens is 482 g/mol. The first-order valence-electron chi connectivity index (χ1n) is 10.9. The van der Waals surface area contributed by atoms with Gasteiger partial charge in [-0.15, -0.1) is 0 Å². The maximum Gasteiger partial charge on any atom is 0.285 e. The normalized spacial score (nSPS) is 17.9. The van der Waals surface area contributed by atoms with Crippen molar-refractivity contribution in [3.8, 4) is 0 Å². The van der Waals surface area contributed by atoms with E-state index in [4.69, 9.17) is 4.74 Å². The third-order valence-electron chi connectivity index (χ3n) is 5.84. The summed E-state index contributed by atoms with van der Waals surface area (Å²) < 4.78 is 36.2. The number of halogens is 3. The number of alkyl halides is 2. The Morgan fingerprint density at radius 3 is 2.56 bits per heavy atom. The molecule has 2 aliphatic heterocycles. The number of carbonyl (C=O) groups is 1. The fraction of sp³-hybridized carbons (Fsp3) is 0.478. The fourth-order valence-electron chi connectivity index (χ4n) is 4.13. The lowest BCUT2D eigenvalue weighted by atomic mass is 10.0. The molecule has 172 valence electrons. The quantitative estimate of drug-likeness (QED) is 0.581. The number of amides is 1. The van der Waals surface area contributed by atoms with Gasteiger partial charge in [-0.3, -0.25) is 9.69 Å². The van der Waals surface area contributed by atoms with E-state index in [0.29, 0.717) is 36.6 Å². The number of piperidine rings is 1. The minimum absolute atomic E-state index is 0.109. The van der Waals surface area contributed by atoms with Gasteiger partial charge in [-0.05, 0) is 59.5 Å². The van der Waals surface area contributed by atoms with E-state index in [-0.39, 0.29) is 17.8 Å². The largest absolute Gasteiger partial charge is 0.379 e. The predicted molar refractivity (Wildman–Crippen MR) is 124 cm³/mol. The summed E-state index contributed by atoms with van der Waals surface area (Å²) in [4.78, 5) is 20.9. The standard InChI is InChI=1S/C23H27BrF2N4O2/c24-21-6-4-5-18(27-21)22(31)28-19-15-17(7-8-20(19)30-9-2-1-3-10-30)23(25,26)16-29-11-13-32-14-12-29/h4-8,15H,1-3,9-14,16H2,(H,28,31). The number of nitrogens with one attached hydrogen (secondary N) is 1. The molecule has 1 N–H and O–H groups in total. The summed E-state index contributed by atoms with van der Waals surface area (Å²) in [5, 5.41) is 2.84. The lowest BCUT2D eigenvalue weighted by Crippen LogP contribution is -2.42. The Bertz CT molecular complexity index is 947. The third kappa shape index (κ3) is 5.63. The van der Waals surface area contributed by atoms with Crippen LogP contribution in [0.25, 0.3) is 0 Å². The summed E-state index contributed by atoms with van der Waals surface area (Å²) in [6.07, 6.45) is 3.22. The van der Waals surface area contributed by atoms with Gasteiger partial charge in [-0.1, -0.05) is 12.1 Å². The van der Waals surface area contributed by atoms with Gasteiger partial charge in [-0.2, -0.15) is 8.78 Å². The number of rotatable bonds is 6. The number of ether oxygens (including phenoxy) is 1. The summed E-state index contributed by atoms with van der Waals surface area (Å²) >= 11 is 3.27. The van der Waals surface area contributed by atoms with Gasteiger partial charge in [0.1, 0.15) is 10.3 Å². The van der Waals surface area contributed by atoms with Crippen molar-refractivity contribution in [1.29, 1.82) is 0 Å². The molecule has 0 spiro atoms. The van der Waals surface area contributed by atoms with Gasteiger partial charge >= 0.3 is 0 Å². The van der Waals surface area contributed by atoms with Crippen LogP contribution in [-0.4, -0.2) is 61.7 Å². The molecule has 9 heteroatoms.